The third kappa shape index (κ3) is 2.51. The maximum atomic E-state index is 11.6. The van der Waals surface area contributed by atoms with Crippen LogP contribution in [-0.2, 0) is 9.53 Å². The summed E-state index contributed by atoms with van der Waals surface area (Å²) in [6.45, 7) is 4.51. The molecular weight excluding hydrogens is 190 g/mol. The Kier molecular flexibility index (Phi) is 3.62. The van der Waals surface area contributed by atoms with Crippen LogP contribution in [0.4, 0.5) is 0 Å². The summed E-state index contributed by atoms with van der Waals surface area (Å²) >= 11 is 0. The molecule has 0 aromatic rings. The summed E-state index contributed by atoms with van der Waals surface area (Å²) in [5, 5.41) is 0. The van der Waals surface area contributed by atoms with Crippen molar-refractivity contribution in [3.63, 3.8) is 0 Å². The molecule has 0 amide bonds. The van der Waals surface area contributed by atoms with E-state index in [-0.39, 0.29) is 11.9 Å². The minimum Gasteiger partial charge on any atom is -0.466 e. The maximum Gasteiger partial charge on any atom is 0.310 e. The van der Waals surface area contributed by atoms with Gasteiger partial charge >= 0.3 is 5.97 Å². The highest BCUT2D eigenvalue weighted by Crippen LogP contribution is 2.29. The summed E-state index contributed by atoms with van der Waals surface area (Å²) in [7, 11) is 0. The van der Waals surface area contributed by atoms with Gasteiger partial charge in [0.1, 0.15) is 0 Å². The van der Waals surface area contributed by atoms with Crippen molar-refractivity contribution >= 4 is 5.97 Å². The smallest absolute Gasteiger partial charge is 0.310 e. The Hall–Kier alpha value is -0.570. The Labute approximate surface area is 91.8 Å². The molecule has 2 saturated heterocycles. The summed E-state index contributed by atoms with van der Waals surface area (Å²) < 4.78 is 5.10. The van der Waals surface area contributed by atoms with Crippen LogP contribution in [0.3, 0.4) is 0 Å². The van der Waals surface area contributed by atoms with Gasteiger partial charge in [0.25, 0.3) is 0 Å². The molecule has 2 aliphatic heterocycles. The van der Waals surface area contributed by atoms with E-state index >= 15 is 0 Å². The minimum absolute atomic E-state index is 0.0153. The number of carbonyl (C=O) groups is 1. The van der Waals surface area contributed by atoms with Crippen LogP contribution in [0.5, 0.6) is 0 Å². The molecule has 2 aliphatic rings. The fraction of sp³-hybridized carbons (Fsp3) is 0.917. The van der Waals surface area contributed by atoms with E-state index in [1.54, 1.807) is 0 Å². The molecule has 86 valence electrons. The number of hydrogen-bond donors (Lipinski definition) is 0. The molecule has 0 aromatic heterocycles. The Morgan fingerprint density at radius 2 is 2.20 bits per heavy atom. The van der Waals surface area contributed by atoms with Gasteiger partial charge < -0.3 is 4.74 Å². The van der Waals surface area contributed by atoms with Crippen molar-refractivity contribution in [2.24, 2.45) is 5.92 Å². The lowest BCUT2D eigenvalue weighted by Crippen LogP contribution is -2.48. The number of rotatable bonds is 2. The normalized spacial score (nSPS) is 32.1. The molecule has 0 spiro atoms. The maximum absolute atomic E-state index is 11.6. The van der Waals surface area contributed by atoms with Crippen LogP contribution < -0.4 is 0 Å². The number of esters is 1. The zero-order valence-corrected chi connectivity index (χ0v) is 9.58. The van der Waals surface area contributed by atoms with Gasteiger partial charge in [-0.25, -0.2) is 0 Å². The van der Waals surface area contributed by atoms with E-state index in [1.165, 1.54) is 32.2 Å². The molecule has 2 atom stereocenters. The summed E-state index contributed by atoms with van der Waals surface area (Å²) in [6.07, 6.45) is 6.20. The topological polar surface area (TPSA) is 29.5 Å². The quantitative estimate of drug-likeness (QED) is 0.652. The third-order valence-corrected chi connectivity index (χ3v) is 3.67. The summed E-state index contributed by atoms with van der Waals surface area (Å²) in [5.74, 6) is 0.154. The molecule has 0 aromatic carbocycles. The van der Waals surface area contributed by atoms with Gasteiger partial charge in [0, 0.05) is 12.6 Å². The van der Waals surface area contributed by atoms with Gasteiger partial charge in [0.2, 0.25) is 0 Å². The number of carbonyl (C=O) groups excluding carboxylic acids is 1. The zero-order chi connectivity index (χ0) is 10.7. The number of hydrogen-bond acceptors (Lipinski definition) is 3. The average Bonchev–Trinajstić information content (AvgIpc) is 2.29. The highest BCUT2D eigenvalue weighted by atomic mass is 16.5. The first-order valence-corrected chi connectivity index (χ1v) is 6.22. The predicted molar refractivity (Wildman–Crippen MR) is 58.6 cm³/mol. The lowest BCUT2D eigenvalue weighted by molar-refractivity contribution is -0.150. The van der Waals surface area contributed by atoms with Crippen molar-refractivity contribution in [3.8, 4) is 0 Å². The van der Waals surface area contributed by atoms with E-state index in [0.717, 1.165) is 19.0 Å². The molecule has 2 heterocycles. The fourth-order valence-corrected chi connectivity index (χ4v) is 2.85. The Morgan fingerprint density at radius 3 is 3.00 bits per heavy atom. The first-order chi connectivity index (χ1) is 7.31. The highest BCUT2D eigenvalue weighted by molar-refractivity contribution is 5.72. The fourth-order valence-electron chi connectivity index (χ4n) is 2.85. The average molecular weight is 211 g/mol. The SMILES string of the molecule is CCOC(=O)C1CC[C@H]2CCCCN2C1. The first kappa shape index (κ1) is 10.9. The van der Waals surface area contributed by atoms with Crippen LogP contribution in [-0.4, -0.2) is 36.6 Å². The predicted octanol–water partition coefficient (Wildman–Crippen LogP) is 1.81. The zero-order valence-electron chi connectivity index (χ0n) is 9.58. The van der Waals surface area contributed by atoms with Gasteiger partial charge in [-0.05, 0) is 39.2 Å². The van der Waals surface area contributed by atoms with Crippen molar-refractivity contribution < 1.29 is 9.53 Å². The van der Waals surface area contributed by atoms with Gasteiger partial charge in [-0.1, -0.05) is 6.42 Å². The van der Waals surface area contributed by atoms with Crippen molar-refractivity contribution in [2.75, 3.05) is 19.7 Å². The first-order valence-electron chi connectivity index (χ1n) is 6.22. The lowest BCUT2D eigenvalue weighted by Gasteiger charge is -2.41. The highest BCUT2D eigenvalue weighted by Gasteiger charge is 2.33. The van der Waals surface area contributed by atoms with E-state index in [9.17, 15) is 4.79 Å². The van der Waals surface area contributed by atoms with Gasteiger partial charge in [0.05, 0.1) is 12.5 Å². The van der Waals surface area contributed by atoms with Crippen LogP contribution in [0, 0.1) is 5.92 Å². The molecule has 0 saturated carbocycles. The van der Waals surface area contributed by atoms with Crippen LogP contribution >= 0.6 is 0 Å². The van der Waals surface area contributed by atoms with Crippen molar-refractivity contribution in [2.45, 2.75) is 45.1 Å². The number of ether oxygens (including phenoxy) is 1. The molecule has 0 bridgehead atoms. The molecule has 0 N–H and O–H groups in total. The lowest BCUT2D eigenvalue weighted by atomic mass is 9.87. The molecule has 3 nitrogen and oxygen atoms in total. The van der Waals surface area contributed by atoms with E-state index in [2.05, 4.69) is 4.90 Å². The van der Waals surface area contributed by atoms with Crippen molar-refractivity contribution in [1.29, 1.82) is 0 Å². The minimum atomic E-state index is 0.0153. The summed E-state index contributed by atoms with van der Waals surface area (Å²) in [5.41, 5.74) is 0. The number of piperidine rings is 2. The molecule has 15 heavy (non-hydrogen) atoms. The molecular formula is C12H21NO2. The van der Waals surface area contributed by atoms with E-state index in [0.29, 0.717) is 6.61 Å². The van der Waals surface area contributed by atoms with E-state index < -0.39 is 0 Å². The molecule has 1 unspecified atom stereocenters. The Bertz CT molecular complexity index is 230. The van der Waals surface area contributed by atoms with E-state index in [4.69, 9.17) is 4.74 Å². The van der Waals surface area contributed by atoms with E-state index in [1.807, 2.05) is 6.92 Å². The second-order valence-corrected chi connectivity index (χ2v) is 4.67. The van der Waals surface area contributed by atoms with Crippen LogP contribution in [0.2, 0.25) is 0 Å². The summed E-state index contributed by atoms with van der Waals surface area (Å²) in [6, 6.07) is 0.754. The Balaban J connectivity index is 1.87. The van der Waals surface area contributed by atoms with Crippen LogP contribution in [0.1, 0.15) is 39.0 Å². The van der Waals surface area contributed by atoms with Gasteiger partial charge in [0.15, 0.2) is 0 Å². The Morgan fingerprint density at radius 1 is 1.33 bits per heavy atom. The largest absolute Gasteiger partial charge is 0.466 e. The monoisotopic (exact) mass is 211 g/mol. The number of nitrogens with zero attached hydrogens (tertiary/aromatic N) is 1. The number of fused-ring (bicyclic) bond motifs is 1. The van der Waals surface area contributed by atoms with Gasteiger partial charge in [-0.15, -0.1) is 0 Å². The molecule has 0 radical (unpaired) electrons. The summed E-state index contributed by atoms with van der Waals surface area (Å²) in [4.78, 5) is 14.1. The van der Waals surface area contributed by atoms with Crippen molar-refractivity contribution in [3.05, 3.63) is 0 Å². The molecule has 3 heteroatoms. The standard InChI is InChI=1S/C12H21NO2/c1-2-15-12(14)10-6-7-11-5-3-4-8-13(11)9-10/h10-11H,2-9H2,1H3/t10?,11-/m1/s1. The van der Waals surface area contributed by atoms with Crippen LogP contribution in [0.15, 0.2) is 0 Å². The second kappa shape index (κ2) is 4.97. The molecule has 2 rings (SSSR count). The molecule has 2 fully saturated rings. The third-order valence-electron chi connectivity index (χ3n) is 3.67. The molecule has 0 aliphatic carbocycles. The van der Waals surface area contributed by atoms with Gasteiger partial charge in [-0.2, -0.15) is 0 Å². The van der Waals surface area contributed by atoms with Crippen LogP contribution in [0.25, 0.3) is 0 Å². The second-order valence-electron chi connectivity index (χ2n) is 4.67. The van der Waals surface area contributed by atoms with Crippen molar-refractivity contribution in [1.82, 2.24) is 4.90 Å². The van der Waals surface area contributed by atoms with Gasteiger partial charge in [-0.3, -0.25) is 9.69 Å².